The second kappa shape index (κ2) is 7.49. The molecule has 19 heavy (non-hydrogen) atoms. The number of rotatable bonds is 6. The maximum Gasteiger partial charge on any atom is 0.326 e. The zero-order chi connectivity index (χ0) is 14.4. The lowest BCUT2D eigenvalue weighted by atomic mass is 10.1. The number of nitrogens with one attached hydrogen (secondary N) is 1. The summed E-state index contributed by atoms with van der Waals surface area (Å²) in [6.07, 6.45) is 2.17. The van der Waals surface area contributed by atoms with Crippen molar-refractivity contribution in [2.45, 2.75) is 12.5 Å². The highest BCUT2D eigenvalue weighted by molar-refractivity contribution is 9.10. The molecule has 0 fully saturated rings. The van der Waals surface area contributed by atoms with Crippen molar-refractivity contribution in [3.63, 3.8) is 0 Å². The van der Waals surface area contributed by atoms with E-state index < -0.39 is 23.7 Å². The van der Waals surface area contributed by atoms with Crippen molar-refractivity contribution in [2.75, 3.05) is 12.0 Å². The molecule has 1 atom stereocenters. The number of carbonyl (C=O) groups is 2. The molecule has 0 spiro atoms. The number of hydrogen-bond acceptors (Lipinski definition) is 3. The molecule has 2 N–H and O–H groups in total. The van der Waals surface area contributed by atoms with Gasteiger partial charge in [-0.15, -0.1) is 0 Å². The van der Waals surface area contributed by atoms with E-state index in [2.05, 4.69) is 21.2 Å². The number of aliphatic carboxylic acids is 1. The molecule has 104 valence electrons. The van der Waals surface area contributed by atoms with E-state index in [0.717, 1.165) is 6.07 Å². The van der Waals surface area contributed by atoms with Crippen LogP contribution >= 0.6 is 27.7 Å². The molecule has 0 aliphatic heterocycles. The normalized spacial score (nSPS) is 11.9. The van der Waals surface area contributed by atoms with Crippen LogP contribution in [-0.2, 0) is 4.79 Å². The Morgan fingerprint density at radius 1 is 1.53 bits per heavy atom. The summed E-state index contributed by atoms with van der Waals surface area (Å²) < 4.78 is 13.5. The van der Waals surface area contributed by atoms with E-state index >= 15 is 0 Å². The molecule has 0 bridgehead atoms. The van der Waals surface area contributed by atoms with Gasteiger partial charge in [-0.1, -0.05) is 0 Å². The number of thioether (sulfide) groups is 1. The first kappa shape index (κ1) is 16.0. The highest BCUT2D eigenvalue weighted by atomic mass is 79.9. The Labute approximate surface area is 122 Å². The molecule has 0 aliphatic carbocycles. The number of carbonyl (C=O) groups excluding carboxylic acids is 1. The molecule has 0 aromatic heterocycles. The summed E-state index contributed by atoms with van der Waals surface area (Å²) in [6.45, 7) is 0. The number of carboxylic acids is 1. The maximum absolute atomic E-state index is 13.1. The molecule has 0 saturated carbocycles. The van der Waals surface area contributed by atoms with Gasteiger partial charge in [0, 0.05) is 4.47 Å². The number of halogens is 2. The van der Waals surface area contributed by atoms with E-state index in [1.54, 1.807) is 0 Å². The summed E-state index contributed by atoms with van der Waals surface area (Å²) in [6, 6.07) is 2.70. The SMILES string of the molecule is CSCC[C@H](NC(=O)c1cc(F)ccc1Br)C(=O)O. The molecule has 1 rings (SSSR count). The predicted octanol–water partition coefficient (Wildman–Crippen LogP) is 2.52. The summed E-state index contributed by atoms with van der Waals surface area (Å²) in [5.74, 6) is -1.65. The Morgan fingerprint density at radius 3 is 2.79 bits per heavy atom. The lowest BCUT2D eigenvalue weighted by Crippen LogP contribution is -2.41. The van der Waals surface area contributed by atoms with Crippen LogP contribution in [-0.4, -0.2) is 35.0 Å². The average Bonchev–Trinajstić information content (AvgIpc) is 2.36. The Balaban J connectivity index is 2.81. The molecule has 4 nitrogen and oxygen atoms in total. The van der Waals surface area contributed by atoms with Gasteiger partial charge in [0.2, 0.25) is 0 Å². The van der Waals surface area contributed by atoms with Crippen LogP contribution in [0.3, 0.4) is 0 Å². The minimum Gasteiger partial charge on any atom is -0.480 e. The Morgan fingerprint density at radius 2 is 2.21 bits per heavy atom. The third kappa shape index (κ3) is 4.83. The molecule has 0 heterocycles. The van der Waals surface area contributed by atoms with Crippen molar-refractivity contribution >= 4 is 39.6 Å². The van der Waals surface area contributed by atoms with E-state index in [0.29, 0.717) is 16.6 Å². The fraction of sp³-hybridized carbons (Fsp3) is 0.333. The monoisotopic (exact) mass is 349 g/mol. The Kier molecular flexibility index (Phi) is 6.30. The third-order valence-corrected chi connectivity index (χ3v) is 3.72. The first-order valence-corrected chi connectivity index (χ1v) is 7.62. The van der Waals surface area contributed by atoms with Gasteiger partial charge in [0.1, 0.15) is 11.9 Å². The van der Waals surface area contributed by atoms with Crippen molar-refractivity contribution in [3.8, 4) is 0 Å². The van der Waals surface area contributed by atoms with Crippen LogP contribution in [0.2, 0.25) is 0 Å². The quantitative estimate of drug-likeness (QED) is 0.828. The first-order valence-electron chi connectivity index (χ1n) is 5.43. The standard InChI is InChI=1S/C12H13BrFNO3S/c1-19-5-4-10(12(17)18)15-11(16)8-6-7(14)2-3-9(8)13/h2-3,6,10H,4-5H2,1H3,(H,15,16)(H,17,18)/t10-/m0/s1. The van der Waals surface area contributed by atoms with Gasteiger partial charge < -0.3 is 10.4 Å². The van der Waals surface area contributed by atoms with Gasteiger partial charge in [-0.05, 0) is 52.6 Å². The average molecular weight is 350 g/mol. The van der Waals surface area contributed by atoms with Gasteiger partial charge in [-0.25, -0.2) is 9.18 Å². The molecule has 0 saturated heterocycles. The predicted molar refractivity (Wildman–Crippen MR) is 76.0 cm³/mol. The molecule has 0 radical (unpaired) electrons. The summed E-state index contributed by atoms with van der Waals surface area (Å²) in [5.41, 5.74) is 0.0791. The third-order valence-electron chi connectivity index (χ3n) is 2.39. The van der Waals surface area contributed by atoms with Crippen LogP contribution in [0.4, 0.5) is 4.39 Å². The Hall–Kier alpha value is -1.08. The van der Waals surface area contributed by atoms with E-state index in [9.17, 15) is 14.0 Å². The number of hydrogen-bond donors (Lipinski definition) is 2. The largest absolute Gasteiger partial charge is 0.480 e. The van der Waals surface area contributed by atoms with Crippen molar-refractivity contribution in [1.82, 2.24) is 5.32 Å². The zero-order valence-corrected chi connectivity index (χ0v) is 12.6. The lowest BCUT2D eigenvalue weighted by molar-refractivity contribution is -0.139. The number of amides is 1. The molecule has 1 aromatic rings. The summed E-state index contributed by atoms with van der Waals surface area (Å²) >= 11 is 4.62. The molecule has 1 amide bonds. The molecular weight excluding hydrogens is 337 g/mol. The topological polar surface area (TPSA) is 66.4 Å². The van der Waals surface area contributed by atoms with Crippen LogP contribution in [0.25, 0.3) is 0 Å². The minimum atomic E-state index is -1.10. The van der Waals surface area contributed by atoms with Crippen molar-refractivity contribution in [3.05, 3.63) is 34.1 Å². The second-order valence-corrected chi connectivity index (χ2v) is 5.61. The first-order chi connectivity index (χ1) is 8.95. The van der Waals surface area contributed by atoms with Crippen LogP contribution in [0, 0.1) is 5.82 Å². The van der Waals surface area contributed by atoms with Crippen LogP contribution < -0.4 is 5.32 Å². The fourth-order valence-electron chi connectivity index (χ4n) is 1.40. The summed E-state index contributed by atoms with van der Waals surface area (Å²) in [5, 5.41) is 11.4. The van der Waals surface area contributed by atoms with Gasteiger partial charge in [-0.3, -0.25) is 4.79 Å². The highest BCUT2D eigenvalue weighted by Crippen LogP contribution is 2.18. The molecule has 1 aromatic carbocycles. The van der Waals surface area contributed by atoms with Gasteiger partial charge in [-0.2, -0.15) is 11.8 Å². The second-order valence-electron chi connectivity index (χ2n) is 3.77. The lowest BCUT2D eigenvalue weighted by Gasteiger charge is -2.14. The fourth-order valence-corrected chi connectivity index (χ4v) is 2.30. The van der Waals surface area contributed by atoms with Crippen molar-refractivity contribution < 1.29 is 19.1 Å². The molecule has 0 aliphatic rings. The smallest absolute Gasteiger partial charge is 0.326 e. The summed E-state index contributed by atoms with van der Waals surface area (Å²) in [4.78, 5) is 22.9. The molecular formula is C12H13BrFNO3S. The van der Waals surface area contributed by atoms with E-state index in [1.807, 2.05) is 6.26 Å². The van der Waals surface area contributed by atoms with Gasteiger partial charge in [0.05, 0.1) is 5.56 Å². The minimum absolute atomic E-state index is 0.0791. The molecule has 0 unspecified atom stereocenters. The Bertz CT molecular complexity index is 484. The zero-order valence-electron chi connectivity index (χ0n) is 10.2. The van der Waals surface area contributed by atoms with Crippen LogP contribution in [0.1, 0.15) is 16.8 Å². The summed E-state index contributed by atoms with van der Waals surface area (Å²) in [7, 11) is 0. The van der Waals surface area contributed by atoms with Gasteiger partial charge >= 0.3 is 5.97 Å². The van der Waals surface area contributed by atoms with Crippen LogP contribution in [0.15, 0.2) is 22.7 Å². The van der Waals surface area contributed by atoms with Crippen molar-refractivity contribution in [1.29, 1.82) is 0 Å². The van der Waals surface area contributed by atoms with E-state index in [-0.39, 0.29) is 5.56 Å². The molecule has 7 heteroatoms. The number of benzene rings is 1. The highest BCUT2D eigenvalue weighted by Gasteiger charge is 2.21. The maximum atomic E-state index is 13.1. The van der Waals surface area contributed by atoms with Crippen molar-refractivity contribution in [2.24, 2.45) is 0 Å². The van der Waals surface area contributed by atoms with E-state index in [1.165, 1.54) is 23.9 Å². The van der Waals surface area contributed by atoms with Crippen LogP contribution in [0.5, 0.6) is 0 Å². The van der Waals surface area contributed by atoms with E-state index in [4.69, 9.17) is 5.11 Å². The number of carboxylic acid groups (broad SMARTS) is 1. The van der Waals surface area contributed by atoms with Gasteiger partial charge in [0.15, 0.2) is 0 Å². The van der Waals surface area contributed by atoms with Gasteiger partial charge in [0.25, 0.3) is 5.91 Å².